The maximum absolute atomic E-state index is 11.9. The molecule has 0 fully saturated rings. The van der Waals surface area contributed by atoms with E-state index in [-0.39, 0.29) is 17.7 Å². The van der Waals surface area contributed by atoms with Crippen LogP contribution in [0, 0.1) is 0 Å². The summed E-state index contributed by atoms with van der Waals surface area (Å²) in [6, 6.07) is 11.0. The molecule has 3 N–H and O–H groups in total. The van der Waals surface area contributed by atoms with Gasteiger partial charge < -0.3 is 15.8 Å². The molecule has 8 heteroatoms. The maximum atomic E-state index is 11.9. The molecule has 0 radical (unpaired) electrons. The lowest BCUT2D eigenvalue weighted by Crippen LogP contribution is -2.23. The first-order valence-electron chi connectivity index (χ1n) is 7.15. The van der Waals surface area contributed by atoms with Gasteiger partial charge in [-0.1, -0.05) is 41.4 Å². The molecule has 0 saturated heterocycles. The third-order valence-electron chi connectivity index (χ3n) is 3.18. The Morgan fingerprint density at radius 2 is 1.80 bits per heavy atom. The zero-order valence-electron chi connectivity index (χ0n) is 12.9. The van der Waals surface area contributed by atoms with Gasteiger partial charge in [0.05, 0.1) is 17.7 Å². The van der Waals surface area contributed by atoms with E-state index >= 15 is 0 Å². The Morgan fingerprint density at radius 1 is 1.08 bits per heavy atom. The van der Waals surface area contributed by atoms with Gasteiger partial charge in [0.15, 0.2) is 6.61 Å². The number of anilines is 1. The van der Waals surface area contributed by atoms with E-state index in [2.05, 4.69) is 5.32 Å². The van der Waals surface area contributed by atoms with Crippen LogP contribution in [0.4, 0.5) is 5.69 Å². The number of nitrogens with one attached hydrogen (secondary N) is 1. The Kier molecular flexibility index (Phi) is 6.38. The van der Waals surface area contributed by atoms with Crippen molar-refractivity contribution >= 4 is 46.7 Å². The van der Waals surface area contributed by atoms with Gasteiger partial charge >= 0.3 is 5.97 Å². The van der Waals surface area contributed by atoms with Gasteiger partial charge in [-0.3, -0.25) is 14.4 Å². The van der Waals surface area contributed by atoms with Gasteiger partial charge in [-0.05, 0) is 29.8 Å². The number of nitrogens with two attached hydrogens (primary N) is 1. The average Bonchev–Trinajstić information content (AvgIpc) is 2.56. The van der Waals surface area contributed by atoms with Crippen LogP contribution in [-0.2, 0) is 20.7 Å². The fraction of sp³-hybridized carbons (Fsp3) is 0.118. The summed E-state index contributed by atoms with van der Waals surface area (Å²) in [6.07, 6.45) is -0.0961. The largest absolute Gasteiger partial charge is 0.455 e. The smallest absolute Gasteiger partial charge is 0.310 e. The first kappa shape index (κ1) is 18.8. The molecule has 0 aliphatic rings. The molecule has 0 saturated carbocycles. The zero-order valence-corrected chi connectivity index (χ0v) is 14.4. The number of ether oxygens (including phenoxy) is 1. The molecular weight excluding hydrogens is 367 g/mol. The molecule has 2 aromatic carbocycles. The van der Waals surface area contributed by atoms with E-state index in [1.54, 1.807) is 24.3 Å². The van der Waals surface area contributed by atoms with E-state index in [9.17, 15) is 14.4 Å². The number of esters is 1. The van der Waals surface area contributed by atoms with Gasteiger partial charge in [0, 0.05) is 10.0 Å². The second kappa shape index (κ2) is 8.50. The molecule has 0 unspecified atom stereocenters. The van der Waals surface area contributed by atoms with E-state index in [1.165, 1.54) is 18.2 Å². The van der Waals surface area contributed by atoms with Gasteiger partial charge in [-0.2, -0.15) is 0 Å². The number of hydrogen-bond acceptors (Lipinski definition) is 4. The van der Waals surface area contributed by atoms with Crippen molar-refractivity contribution in [1.82, 2.24) is 0 Å². The van der Waals surface area contributed by atoms with Crippen LogP contribution in [-0.4, -0.2) is 24.4 Å². The highest BCUT2D eigenvalue weighted by Crippen LogP contribution is 2.21. The summed E-state index contributed by atoms with van der Waals surface area (Å²) in [5.74, 6) is -1.89. The number of benzene rings is 2. The van der Waals surface area contributed by atoms with Crippen LogP contribution in [0.15, 0.2) is 42.5 Å². The Hall–Kier alpha value is -2.57. The Morgan fingerprint density at radius 3 is 2.48 bits per heavy atom. The Balaban J connectivity index is 1.89. The molecule has 6 nitrogen and oxygen atoms in total. The predicted molar refractivity (Wildman–Crippen MR) is 94.7 cm³/mol. The Labute approximate surface area is 153 Å². The molecular formula is C17H14Cl2N2O4. The molecule has 2 rings (SSSR count). The van der Waals surface area contributed by atoms with E-state index < -0.39 is 24.4 Å². The van der Waals surface area contributed by atoms with Crippen LogP contribution >= 0.6 is 23.2 Å². The van der Waals surface area contributed by atoms with Gasteiger partial charge in [0.2, 0.25) is 0 Å². The lowest BCUT2D eigenvalue weighted by Gasteiger charge is -2.09. The minimum atomic E-state index is -0.676. The number of carbonyl (C=O) groups is 3. The first-order valence-corrected chi connectivity index (χ1v) is 7.90. The number of carbonyl (C=O) groups excluding carboxylic acids is 3. The lowest BCUT2D eigenvalue weighted by molar-refractivity contribution is -0.146. The summed E-state index contributed by atoms with van der Waals surface area (Å²) >= 11 is 11.8. The fourth-order valence-corrected chi connectivity index (χ4v) is 2.49. The molecule has 130 valence electrons. The Bertz CT molecular complexity index is 824. The van der Waals surface area contributed by atoms with E-state index in [0.29, 0.717) is 15.6 Å². The van der Waals surface area contributed by atoms with Crippen molar-refractivity contribution in [2.45, 2.75) is 6.42 Å². The normalized spacial score (nSPS) is 10.2. The molecule has 0 bridgehead atoms. The highest BCUT2D eigenvalue weighted by molar-refractivity contribution is 6.35. The van der Waals surface area contributed by atoms with Crippen molar-refractivity contribution in [3.8, 4) is 0 Å². The van der Waals surface area contributed by atoms with Crippen molar-refractivity contribution in [2.75, 3.05) is 11.9 Å². The van der Waals surface area contributed by atoms with Crippen molar-refractivity contribution in [2.24, 2.45) is 5.73 Å². The quantitative estimate of drug-likeness (QED) is 0.752. The fourth-order valence-electron chi connectivity index (χ4n) is 2.01. The number of para-hydroxylation sites is 1. The topological polar surface area (TPSA) is 98.5 Å². The number of halogens is 2. The minimum Gasteiger partial charge on any atom is -0.455 e. The standard InChI is InChI=1S/C17H14Cl2N2O4/c18-11-6-5-10(13(19)8-11)7-16(23)25-9-15(22)21-14-4-2-1-3-12(14)17(20)24/h1-6,8H,7,9H2,(H2,20,24)(H,21,22). The molecule has 2 aromatic rings. The summed E-state index contributed by atoms with van der Waals surface area (Å²) in [7, 11) is 0. The van der Waals surface area contributed by atoms with Gasteiger partial charge in [0.1, 0.15) is 0 Å². The van der Waals surface area contributed by atoms with Crippen LogP contribution in [0.25, 0.3) is 0 Å². The lowest BCUT2D eigenvalue weighted by atomic mass is 10.1. The third-order valence-corrected chi connectivity index (χ3v) is 3.77. The molecule has 0 aliphatic carbocycles. The van der Waals surface area contributed by atoms with Crippen LogP contribution in [0.2, 0.25) is 10.0 Å². The second-order valence-electron chi connectivity index (χ2n) is 5.03. The van der Waals surface area contributed by atoms with Crippen molar-refractivity contribution < 1.29 is 19.1 Å². The van der Waals surface area contributed by atoms with Gasteiger partial charge in [-0.25, -0.2) is 0 Å². The maximum Gasteiger partial charge on any atom is 0.310 e. The van der Waals surface area contributed by atoms with Crippen LogP contribution in [0.5, 0.6) is 0 Å². The molecule has 0 spiro atoms. The van der Waals surface area contributed by atoms with Crippen molar-refractivity contribution in [3.63, 3.8) is 0 Å². The highest BCUT2D eigenvalue weighted by atomic mass is 35.5. The molecule has 0 aliphatic heterocycles. The van der Waals surface area contributed by atoms with Crippen LogP contribution in [0.3, 0.4) is 0 Å². The molecule has 0 atom stereocenters. The van der Waals surface area contributed by atoms with Crippen LogP contribution in [0.1, 0.15) is 15.9 Å². The zero-order chi connectivity index (χ0) is 18.4. The summed E-state index contributed by atoms with van der Waals surface area (Å²) in [5.41, 5.74) is 6.17. The highest BCUT2D eigenvalue weighted by Gasteiger charge is 2.13. The van der Waals surface area contributed by atoms with Crippen molar-refractivity contribution in [1.29, 1.82) is 0 Å². The molecule has 25 heavy (non-hydrogen) atoms. The minimum absolute atomic E-state index is 0.0961. The molecule has 2 amide bonds. The molecule has 0 heterocycles. The molecule has 0 aromatic heterocycles. The van der Waals surface area contributed by atoms with E-state index in [4.69, 9.17) is 33.7 Å². The van der Waals surface area contributed by atoms with E-state index in [0.717, 1.165) is 0 Å². The van der Waals surface area contributed by atoms with Gasteiger partial charge in [-0.15, -0.1) is 0 Å². The van der Waals surface area contributed by atoms with E-state index in [1.807, 2.05) is 0 Å². The number of amides is 2. The predicted octanol–water partition coefficient (Wildman–Crippen LogP) is 2.82. The summed E-state index contributed by atoms with van der Waals surface area (Å²) in [4.78, 5) is 35.0. The number of hydrogen-bond donors (Lipinski definition) is 2. The number of primary amides is 1. The SMILES string of the molecule is NC(=O)c1ccccc1NC(=O)COC(=O)Cc1ccc(Cl)cc1Cl. The summed E-state index contributed by atoms with van der Waals surface area (Å²) in [6.45, 7) is -0.503. The monoisotopic (exact) mass is 380 g/mol. The summed E-state index contributed by atoms with van der Waals surface area (Å²) < 4.78 is 4.91. The van der Waals surface area contributed by atoms with Crippen LogP contribution < -0.4 is 11.1 Å². The second-order valence-corrected chi connectivity index (χ2v) is 5.87. The van der Waals surface area contributed by atoms with Crippen molar-refractivity contribution in [3.05, 3.63) is 63.6 Å². The first-order chi connectivity index (χ1) is 11.9. The number of rotatable bonds is 6. The average molecular weight is 381 g/mol. The summed E-state index contributed by atoms with van der Waals surface area (Å²) in [5, 5.41) is 3.26. The van der Waals surface area contributed by atoms with Gasteiger partial charge in [0.25, 0.3) is 11.8 Å². The third kappa shape index (κ3) is 5.48.